The number of nitrogens with one attached hydrogen (secondary N) is 2. The van der Waals surface area contributed by atoms with Gasteiger partial charge >= 0.3 is 0 Å². The Morgan fingerprint density at radius 2 is 1.57 bits per heavy atom. The highest BCUT2D eigenvalue weighted by Gasteiger charge is 2.06. The van der Waals surface area contributed by atoms with E-state index < -0.39 is 0 Å². The van der Waals surface area contributed by atoms with Crippen LogP contribution in [0.15, 0.2) is 84.0 Å². The van der Waals surface area contributed by atoms with Gasteiger partial charge in [0, 0.05) is 11.3 Å². The standard InChI is InChI=1S/C25H23N3O2/c1-2-30-21-13-11-20(12-14-21)26-17-25(29)28-27-16-24-22-9-5-3-7-18(22)15-19-8-4-6-10-23(19)24/h3-16,26H,2,17H2,1H3,(H,28,29)/b27-16-. The number of benzene rings is 4. The molecule has 0 aliphatic carbocycles. The van der Waals surface area contributed by atoms with Crippen LogP contribution in [-0.4, -0.2) is 25.3 Å². The van der Waals surface area contributed by atoms with Gasteiger partial charge in [-0.15, -0.1) is 0 Å². The lowest BCUT2D eigenvalue weighted by molar-refractivity contribution is -0.119. The molecule has 0 aliphatic heterocycles. The third kappa shape index (κ3) is 4.41. The van der Waals surface area contributed by atoms with Gasteiger partial charge in [0.25, 0.3) is 5.91 Å². The summed E-state index contributed by atoms with van der Waals surface area (Å²) < 4.78 is 5.42. The maximum atomic E-state index is 12.2. The summed E-state index contributed by atoms with van der Waals surface area (Å²) in [6.07, 6.45) is 1.72. The molecule has 4 rings (SSSR count). The Kier molecular flexibility index (Phi) is 5.90. The molecule has 0 atom stereocenters. The molecular weight excluding hydrogens is 374 g/mol. The topological polar surface area (TPSA) is 62.7 Å². The van der Waals surface area contributed by atoms with E-state index in [9.17, 15) is 4.79 Å². The fourth-order valence-electron chi connectivity index (χ4n) is 3.41. The van der Waals surface area contributed by atoms with Gasteiger partial charge in [-0.2, -0.15) is 5.10 Å². The van der Waals surface area contributed by atoms with Gasteiger partial charge in [0.1, 0.15) is 5.75 Å². The molecule has 0 saturated carbocycles. The van der Waals surface area contributed by atoms with Gasteiger partial charge < -0.3 is 10.1 Å². The molecule has 0 aliphatic rings. The van der Waals surface area contributed by atoms with Crippen molar-refractivity contribution in [3.05, 3.63) is 84.4 Å². The predicted molar refractivity (Wildman–Crippen MR) is 123 cm³/mol. The first kappa shape index (κ1) is 19.5. The van der Waals surface area contributed by atoms with Crippen molar-refractivity contribution in [2.24, 2.45) is 5.10 Å². The normalized spacial score (nSPS) is 11.1. The van der Waals surface area contributed by atoms with Gasteiger partial charge in [0.05, 0.1) is 19.4 Å². The van der Waals surface area contributed by atoms with Crippen molar-refractivity contribution in [2.75, 3.05) is 18.5 Å². The molecule has 4 aromatic carbocycles. The number of hydrogen-bond acceptors (Lipinski definition) is 4. The predicted octanol–water partition coefficient (Wildman–Crippen LogP) is 4.95. The fourth-order valence-corrected chi connectivity index (χ4v) is 3.41. The van der Waals surface area contributed by atoms with E-state index >= 15 is 0 Å². The molecule has 0 bridgehead atoms. The highest BCUT2D eigenvalue weighted by Crippen LogP contribution is 2.27. The molecule has 150 valence electrons. The summed E-state index contributed by atoms with van der Waals surface area (Å²) in [5.41, 5.74) is 4.44. The second-order valence-electron chi connectivity index (χ2n) is 6.84. The second kappa shape index (κ2) is 9.09. The molecule has 0 aromatic heterocycles. The van der Waals surface area contributed by atoms with Gasteiger partial charge in [-0.3, -0.25) is 4.79 Å². The van der Waals surface area contributed by atoms with Crippen molar-refractivity contribution in [1.82, 2.24) is 5.43 Å². The van der Waals surface area contributed by atoms with Crippen molar-refractivity contribution >= 4 is 39.4 Å². The molecular formula is C25H23N3O2. The maximum absolute atomic E-state index is 12.2. The smallest absolute Gasteiger partial charge is 0.259 e. The molecule has 0 radical (unpaired) electrons. The van der Waals surface area contributed by atoms with Crippen molar-refractivity contribution < 1.29 is 9.53 Å². The number of carbonyl (C=O) groups excluding carboxylic acids is 1. The number of ether oxygens (including phenoxy) is 1. The number of carbonyl (C=O) groups is 1. The average molecular weight is 397 g/mol. The number of rotatable bonds is 7. The van der Waals surface area contributed by atoms with Gasteiger partial charge in [-0.25, -0.2) is 5.43 Å². The quantitative estimate of drug-likeness (QED) is 0.263. The molecule has 5 nitrogen and oxygen atoms in total. The van der Waals surface area contributed by atoms with Crippen LogP contribution in [0, 0.1) is 0 Å². The van der Waals surface area contributed by atoms with Crippen LogP contribution in [0.3, 0.4) is 0 Å². The molecule has 0 fully saturated rings. The number of anilines is 1. The molecule has 1 amide bonds. The van der Waals surface area contributed by atoms with Crippen LogP contribution >= 0.6 is 0 Å². The maximum Gasteiger partial charge on any atom is 0.259 e. The number of hydrazone groups is 1. The van der Waals surface area contributed by atoms with Crippen molar-refractivity contribution in [1.29, 1.82) is 0 Å². The van der Waals surface area contributed by atoms with E-state index in [1.54, 1.807) is 6.21 Å². The number of amides is 1. The van der Waals surface area contributed by atoms with E-state index in [0.717, 1.165) is 38.5 Å². The minimum absolute atomic E-state index is 0.127. The zero-order valence-corrected chi connectivity index (χ0v) is 16.8. The van der Waals surface area contributed by atoms with E-state index in [1.165, 1.54) is 0 Å². The summed E-state index contributed by atoms with van der Waals surface area (Å²) in [6, 6.07) is 26.0. The molecule has 0 unspecified atom stereocenters. The third-order valence-corrected chi connectivity index (χ3v) is 4.81. The minimum Gasteiger partial charge on any atom is -0.494 e. The van der Waals surface area contributed by atoms with E-state index in [1.807, 2.05) is 55.5 Å². The molecule has 4 aromatic rings. The summed E-state index contributed by atoms with van der Waals surface area (Å²) >= 11 is 0. The lowest BCUT2D eigenvalue weighted by atomic mass is 9.97. The van der Waals surface area contributed by atoms with Gasteiger partial charge in [-0.05, 0) is 58.8 Å². The van der Waals surface area contributed by atoms with Gasteiger partial charge in [0.15, 0.2) is 0 Å². The number of hydrogen-bond donors (Lipinski definition) is 2. The Labute approximate surface area is 175 Å². The zero-order valence-electron chi connectivity index (χ0n) is 16.8. The van der Waals surface area contributed by atoms with Crippen molar-refractivity contribution in [2.45, 2.75) is 6.92 Å². The molecule has 0 saturated heterocycles. The Balaban J connectivity index is 1.45. The fraction of sp³-hybridized carbons (Fsp3) is 0.120. The van der Waals surface area contributed by atoms with E-state index in [0.29, 0.717) is 6.61 Å². The van der Waals surface area contributed by atoms with Crippen LogP contribution < -0.4 is 15.5 Å². The monoisotopic (exact) mass is 397 g/mol. The van der Waals surface area contributed by atoms with Crippen LogP contribution in [0.5, 0.6) is 5.75 Å². The molecule has 0 heterocycles. The average Bonchev–Trinajstić information content (AvgIpc) is 2.78. The molecule has 0 spiro atoms. The summed E-state index contributed by atoms with van der Waals surface area (Å²) in [5, 5.41) is 11.8. The lowest BCUT2D eigenvalue weighted by Gasteiger charge is -2.08. The number of fused-ring (bicyclic) bond motifs is 2. The first-order valence-electron chi connectivity index (χ1n) is 9.94. The van der Waals surface area contributed by atoms with E-state index in [4.69, 9.17) is 4.74 Å². The Hall–Kier alpha value is -3.86. The van der Waals surface area contributed by atoms with Crippen molar-refractivity contribution in [3.63, 3.8) is 0 Å². The zero-order chi connectivity index (χ0) is 20.8. The Morgan fingerprint density at radius 1 is 0.933 bits per heavy atom. The second-order valence-corrected chi connectivity index (χ2v) is 6.84. The third-order valence-electron chi connectivity index (χ3n) is 4.81. The molecule has 5 heteroatoms. The minimum atomic E-state index is -0.218. The van der Waals surface area contributed by atoms with Crippen LogP contribution in [0.25, 0.3) is 21.5 Å². The summed E-state index contributed by atoms with van der Waals surface area (Å²) in [6.45, 7) is 2.69. The molecule has 30 heavy (non-hydrogen) atoms. The highest BCUT2D eigenvalue weighted by molar-refractivity contribution is 6.13. The van der Waals surface area contributed by atoms with Gasteiger partial charge in [-0.1, -0.05) is 48.5 Å². The van der Waals surface area contributed by atoms with E-state index in [-0.39, 0.29) is 12.5 Å². The summed E-state index contributed by atoms with van der Waals surface area (Å²) in [5.74, 6) is 0.587. The summed E-state index contributed by atoms with van der Waals surface area (Å²) in [7, 11) is 0. The van der Waals surface area contributed by atoms with Crippen LogP contribution in [-0.2, 0) is 4.79 Å². The Bertz CT molecular complexity index is 1150. The Morgan fingerprint density at radius 3 is 2.20 bits per heavy atom. The van der Waals surface area contributed by atoms with Crippen LogP contribution in [0.2, 0.25) is 0 Å². The van der Waals surface area contributed by atoms with E-state index in [2.05, 4.69) is 46.2 Å². The van der Waals surface area contributed by atoms with Crippen LogP contribution in [0.4, 0.5) is 5.69 Å². The SMILES string of the molecule is CCOc1ccc(NCC(=O)N/N=C\c2c3ccccc3cc3ccccc23)cc1. The molecule has 2 N–H and O–H groups in total. The number of nitrogens with zero attached hydrogens (tertiary/aromatic N) is 1. The van der Waals surface area contributed by atoms with Crippen molar-refractivity contribution in [3.8, 4) is 5.75 Å². The lowest BCUT2D eigenvalue weighted by Crippen LogP contribution is -2.25. The first-order valence-corrected chi connectivity index (χ1v) is 9.94. The van der Waals surface area contributed by atoms with Crippen LogP contribution in [0.1, 0.15) is 12.5 Å². The van der Waals surface area contributed by atoms with Gasteiger partial charge in [0.2, 0.25) is 0 Å². The first-order chi connectivity index (χ1) is 14.7. The largest absolute Gasteiger partial charge is 0.494 e. The highest BCUT2D eigenvalue weighted by atomic mass is 16.5. The summed E-state index contributed by atoms with van der Waals surface area (Å²) in [4.78, 5) is 12.2.